The van der Waals surface area contributed by atoms with E-state index in [0.29, 0.717) is 48.3 Å². The zero-order valence-corrected chi connectivity index (χ0v) is 20.9. The van der Waals surface area contributed by atoms with E-state index in [0.717, 1.165) is 10.5 Å². The van der Waals surface area contributed by atoms with Crippen LogP contribution in [0.25, 0.3) is 6.08 Å². The number of rotatable bonds is 7. The third kappa shape index (κ3) is 6.95. The number of allylic oxidation sites excluding steroid dienone is 1. The Morgan fingerprint density at radius 1 is 1.09 bits per heavy atom. The Kier molecular flexibility index (Phi) is 8.70. The highest BCUT2D eigenvalue weighted by Crippen LogP contribution is 2.39. The van der Waals surface area contributed by atoms with Crippen LogP contribution in [0.15, 0.2) is 70.7 Å². The van der Waals surface area contributed by atoms with E-state index < -0.39 is 11.0 Å². The molecule has 0 aromatic heterocycles. The highest BCUT2D eigenvalue weighted by Gasteiger charge is 2.24. The van der Waals surface area contributed by atoms with Crippen LogP contribution < -0.4 is 0 Å². The molecule has 1 fully saturated rings. The average Bonchev–Trinajstić information content (AvgIpc) is 2.83. The van der Waals surface area contributed by atoms with Crippen LogP contribution >= 0.6 is 11.8 Å². The molecule has 0 unspecified atom stereocenters. The molecular formula is C26H29N3O5S. The number of benzene rings is 2. The van der Waals surface area contributed by atoms with Crippen molar-refractivity contribution in [1.29, 1.82) is 0 Å². The molecule has 0 N–H and O–H groups in total. The summed E-state index contributed by atoms with van der Waals surface area (Å²) in [5.74, 6) is 0.397. The van der Waals surface area contributed by atoms with Gasteiger partial charge in [0.1, 0.15) is 0 Å². The summed E-state index contributed by atoms with van der Waals surface area (Å²) in [4.78, 5) is 40.6. The van der Waals surface area contributed by atoms with Crippen molar-refractivity contribution in [2.75, 3.05) is 26.2 Å². The maximum atomic E-state index is 12.6. The van der Waals surface area contributed by atoms with Gasteiger partial charge in [0.15, 0.2) is 0 Å². The molecule has 184 valence electrons. The van der Waals surface area contributed by atoms with Gasteiger partial charge in [0.25, 0.3) is 5.69 Å². The predicted octanol–water partition coefficient (Wildman–Crippen LogP) is 5.70. The van der Waals surface area contributed by atoms with E-state index in [1.807, 2.05) is 24.3 Å². The number of nitro benzene ring substituents is 1. The first-order chi connectivity index (χ1) is 16.7. The Morgan fingerprint density at radius 2 is 1.74 bits per heavy atom. The lowest BCUT2D eigenvalue weighted by molar-refractivity contribution is -0.387. The second kappa shape index (κ2) is 11.7. The van der Waals surface area contributed by atoms with Gasteiger partial charge in [0, 0.05) is 43.2 Å². The number of nitro groups is 1. The van der Waals surface area contributed by atoms with Crippen LogP contribution in [-0.2, 0) is 9.53 Å². The number of hydrogen-bond acceptors (Lipinski definition) is 6. The van der Waals surface area contributed by atoms with Crippen LogP contribution in [0.2, 0.25) is 0 Å². The summed E-state index contributed by atoms with van der Waals surface area (Å²) < 4.78 is 5.00. The van der Waals surface area contributed by atoms with Crippen LogP contribution in [-0.4, -0.2) is 52.9 Å². The minimum atomic E-state index is -0.471. The topological polar surface area (TPSA) is 93.0 Å². The Hall–Kier alpha value is -3.59. The minimum Gasteiger partial charge on any atom is -0.416 e. The first-order valence-corrected chi connectivity index (χ1v) is 12.1. The molecule has 0 atom stereocenters. The molecular weight excluding hydrogens is 466 g/mol. The average molecular weight is 496 g/mol. The molecule has 0 spiro atoms. The summed E-state index contributed by atoms with van der Waals surface area (Å²) in [6, 6.07) is 12.9. The number of nitrogens with zero attached hydrogens (tertiary/aromatic N) is 3. The maximum absolute atomic E-state index is 12.6. The molecule has 2 amide bonds. The molecule has 35 heavy (non-hydrogen) atoms. The second-order valence-corrected chi connectivity index (χ2v) is 9.58. The summed E-state index contributed by atoms with van der Waals surface area (Å²) in [7, 11) is 0. The van der Waals surface area contributed by atoms with Gasteiger partial charge >= 0.3 is 6.09 Å². The maximum Gasteiger partial charge on any atom is 0.414 e. The molecule has 0 saturated carbocycles. The molecule has 2 aromatic rings. The van der Waals surface area contributed by atoms with Crippen LogP contribution in [0, 0.1) is 10.1 Å². The number of piperazine rings is 1. The van der Waals surface area contributed by atoms with Crippen molar-refractivity contribution in [1.82, 2.24) is 9.80 Å². The summed E-state index contributed by atoms with van der Waals surface area (Å²) in [5.41, 5.74) is 1.69. The van der Waals surface area contributed by atoms with Gasteiger partial charge in [-0.15, -0.1) is 0 Å². The smallest absolute Gasteiger partial charge is 0.414 e. The summed E-state index contributed by atoms with van der Waals surface area (Å²) in [5, 5.41) is 11.8. The van der Waals surface area contributed by atoms with Gasteiger partial charge < -0.3 is 14.5 Å². The SMILES string of the molecule is C=C(C)OC(=O)N1CCN(C(=O)/C=C/c2ccc(Sc3ccccc3C(C)C)c([N+](=O)[O-])c2)CC1. The van der Waals surface area contributed by atoms with Gasteiger partial charge in [-0.1, -0.05) is 56.5 Å². The van der Waals surface area contributed by atoms with Gasteiger partial charge in [-0.05, 0) is 42.2 Å². The van der Waals surface area contributed by atoms with E-state index in [9.17, 15) is 19.7 Å². The third-order valence-corrected chi connectivity index (χ3v) is 6.63. The lowest BCUT2D eigenvalue weighted by Gasteiger charge is -2.33. The summed E-state index contributed by atoms with van der Waals surface area (Å²) >= 11 is 1.37. The highest BCUT2D eigenvalue weighted by atomic mass is 32.2. The molecule has 3 rings (SSSR count). The van der Waals surface area contributed by atoms with Gasteiger partial charge in [0.2, 0.25) is 5.91 Å². The molecule has 1 aliphatic rings. The van der Waals surface area contributed by atoms with E-state index in [1.54, 1.807) is 30.0 Å². The molecule has 1 aliphatic heterocycles. The molecule has 1 saturated heterocycles. The van der Waals surface area contributed by atoms with E-state index in [1.165, 1.54) is 28.8 Å². The molecule has 2 aromatic carbocycles. The number of hydrogen-bond donors (Lipinski definition) is 0. The van der Waals surface area contributed by atoms with Crippen LogP contribution in [0.1, 0.15) is 37.8 Å². The predicted molar refractivity (Wildman–Crippen MR) is 136 cm³/mol. The first-order valence-electron chi connectivity index (χ1n) is 11.3. The molecule has 8 nitrogen and oxygen atoms in total. The monoisotopic (exact) mass is 495 g/mol. The Balaban J connectivity index is 1.68. The number of carbonyl (C=O) groups is 2. The fraction of sp³-hybridized carbons (Fsp3) is 0.308. The van der Waals surface area contributed by atoms with E-state index in [4.69, 9.17) is 4.74 Å². The zero-order valence-electron chi connectivity index (χ0n) is 20.1. The lowest BCUT2D eigenvalue weighted by Crippen LogP contribution is -2.50. The van der Waals surface area contributed by atoms with Crippen LogP contribution in [0.4, 0.5) is 10.5 Å². The molecule has 0 aliphatic carbocycles. The molecule has 9 heteroatoms. The Morgan fingerprint density at radius 3 is 2.37 bits per heavy atom. The lowest BCUT2D eigenvalue weighted by atomic mass is 10.0. The second-order valence-electron chi connectivity index (χ2n) is 8.49. The van der Waals surface area contributed by atoms with Crippen molar-refractivity contribution < 1.29 is 19.2 Å². The largest absolute Gasteiger partial charge is 0.416 e. The number of carbonyl (C=O) groups excluding carboxylic acids is 2. The summed E-state index contributed by atoms with van der Waals surface area (Å²) in [6.45, 7) is 10.8. The third-order valence-electron chi connectivity index (χ3n) is 5.47. The number of amides is 2. The van der Waals surface area contributed by atoms with Crippen LogP contribution in [0.5, 0.6) is 0 Å². The fourth-order valence-electron chi connectivity index (χ4n) is 3.63. The van der Waals surface area contributed by atoms with Crippen molar-refractivity contribution >= 4 is 35.5 Å². The summed E-state index contributed by atoms with van der Waals surface area (Å²) in [6.07, 6.45) is 2.51. The zero-order chi connectivity index (χ0) is 25.5. The van der Waals surface area contributed by atoms with Gasteiger partial charge in [0.05, 0.1) is 15.6 Å². The van der Waals surface area contributed by atoms with Crippen molar-refractivity contribution in [3.05, 3.63) is 82.1 Å². The number of ether oxygens (including phenoxy) is 1. The van der Waals surface area contributed by atoms with Crippen molar-refractivity contribution in [3.8, 4) is 0 Å². The van der Waals surface area contributed by atoms with Gasteiger partial charge in [-0.3, -0.25) is 14.9 Å². The Bertz CT molecular complexity index is 1150. The van der Waals surface area contributed by atoms with E-state index >= 15 is 0 Å². The minimum absolute atomic E-state index is 0.00667. The fourth-order valence-corrected chi connectivity index (χ4v) is 4.81. The van der Waals surface area contributed by atoms with E-state index in [-0.39, 0.29) is 11.6 Å². The van der Waals surface area contributed by atoms with Gasteiger partial charge in [-0.25, -0.2) is 4.79 Å². The van der Waals surface area contributed by atoms with Gasteiger partial charge in [-0.2, -0.15) is 0 Å². The normalized spacial score (nSPS) is 13.8. The molecule has 0 bridgehead atoms. The van der Waals surface area contributed by atoms with Crippen molar-refractivity contribution in [3.63, 3.8) is 0 Å². The van der Waals surface area contributed by atoms with E-state index in [2.05, 4.69) is 20.4 Å². The quantitative estimate of drug-likeness (QED) is 0.212. The first kappa shape index (κ1) is 26.0. The molecule has 0 radical (unpaired) electrons. The molecule has 1 heterocycles. The Labute approximate surface area is 209 Å². The van der Waals surface area contributed by atoms with Crippen LogP contribution in [0.3, 0.4) is 0 Å². The van der Waals surface area contributed by atoms with Crippen molar-refractivity contribution in [2.24, 2.45) is 0 Å². The highest BCUT2D eigenvalue weighted by molar-refractivity contribution is 7.99. The standard InChI is InChI=1S/C26H29N3O5S/c1-18(2)21-7-5-6-8-23(21)35-24-11-9-20(17-22(24)29(32)33)10-12-25(30)27-13-15-28(16-14-27)26(31)34-19(3)4/h5-12,17-18H,3,13-16H2,1-2,4H3/b12-10+. The van der Waals surface area contributed by atoms with Crippen molar-refractivity contribution in [2.45, 2.75) is 36.5 Å².